The molecular weight excluding hydrogens is 278 g/mol. The monoisotopic (exact) mass is 295 g/mol. The topological polar surface area (TPSA) is 67.0 Å². The molecule has 5 nitrogen and oxygen atoms in total. The molecule has 1 N–H and O–H groups in total. The summed E-state index contributed by atoms with van der Waals surface area (Å²) in [5.41, 5.74) is 5.99. The first kappa shape index (κ1) is 14.4. The lowest BCUT2D eigenvalue weighted by molar-refractivity contribution is 0.282. The van der Waals surface area contributed by atoms with Crippen LogP contribution in [0.5, 0.6) is 0 Å². The van der Waals surface area contributed by atoms with Crippen LogP contribution in [-0.4, -0.2) is 14.5 Å². The minimum Gasteiger partial charge on any atom is -0.392 e. The maximum atomic E-state index is 11.4. The summed E-state index contributed by atoms with van der Waals surface area (Å²) in [4.78, 5) is 16.0. The van der Waals surface area contributed by atoms with Crippen molar-refractivity contribution in [2.45, 2.75) is 27.4 Å². The molecular formula is C17H17N3O2. The predicted octanol–water partition coefficient (Wildman–Crippen LogP) is 3.82. The fourth-order valence-corrected chi connectivity index (χ4v) is 3.04. The van der Waals surface area contributed by atoms with Crippen LogP contribution >= 0.6 is 0 Å². The van der Waals surface area contributed by atoms with Gasteiger partial charge in [-0.1, -0.05) is 23.8 Å². The van der Waals surface area contributed by atoms with Crippen molar-refractivity contribution in [1.82, 2.24) is 9.38 Å². The molecule has 112 valence electrons. The average molecular weight is 295 g/mol. The highest BCUT2D eigenvalue weighted by molar-refractivity contribution is 5.79. The first-order chi connectivity index (χ1) is 10.6. The number of aryl methyl sites for hydroxylation is 3. The summed E-state index contributed by atoms with van der Waals surface area (Å²) >= 11 is 0. The highest BCUT2D eigenvalue weighted by Gasteiger charge is 2.19. The summed E-state index contributed by atoms with van der Waals surface area (Å²) in [5, 5.41) is 12.6. The van der Waals surface area contributed by atoms with Crippen molar-refractivity contribution in [3.8, 4) is 11.3 Å². The number of nitroso groups, excluding NO2 is 1. The van der Waals surface area contributed by atoms with E-state index in [1.165, 1.54) is 5.56 Å². The van der Waals surface area contributed by atoms with Gasteiger partial charge in [0.15, 0.2) is 0 Å². The molecule has 0 radical (unpaired) electrons. The standard InChI is InChI=1S/C17H17N3O2/c1-10-7-11(2)14(12(3)8-10)15-17(19-22)20-6-4-5-13(9-21)16(20)18-15/h4-8,21H,9H2,1-3H3. The van der Waals surface area contributed by atoms with Gasteiger partial charge in [0.1, 0.15) is 11.3 Å². The molecule has 0 fully saturated rings. The first-order valence-corrected chi connectivity index (χ1v) is 7.09. The highest BCUT2D eigenvalue weighted by Crippen LogP contribution is 2.36. The van der Waals surface area contributed by atoms with Crippen molar-refractivity contribution < 1.29 is 5.11 Å². The van der Waals surface area contributed by atoms with Crippen molar-refractivity contribution in [3.05, 3.63) is 57.6 Å². The van der Waals surface area contributed by atoms with E-state index in [0.29, 0.717) is 16.9 Å². The number of pyridine rings is 1. The van der Waals surface area contributed by atoms with Gasteiger partial charge >= 0.3 is 0 Å². The lowest BCUT2D eigenvalue weighted by atomic mass is 9.97. The van der Waals surface area contributed by atoms with E-state index in [9.17, 15) is 10.0 Å². The largest absolute Gasteiger partial charge is 0.392 e. The first-order valence-electron chi connectivity index (χ1n) is 7.09. The zero-order valence-corrected chi connectivity index (χ0v) is 12.8. The molecule has 2 aromatic heterocycles. The van der Waals surface area contributed by atoms with Gasteiger partial charge in [-0.25, -0.2) is 4.98 Å². The van der Waals surface area contributed by atoms with Gasteiger partial charge in [-0.2, -0.15) is 0 Å². The fourth-order valence-electron chi connectivity index (χ4n) is 3.04. The number of fused-ring (bicyclic) bond motifs is 1. The van der Waals surface area contributed by atoms with Gasteiger partial charge in [0.2, 0.25) is 5.82 Å². The van der Waals surface area contributed by atoms with Crippen LogP contribution in [0.15, 0.2) is 35.6 Å². The van der Waals surface area contributed by atoms with E-state index in [1.807, 2.05) is 20.8 Å². The Labute approximate surface area is 128 Å². The van der Waals surface area contributed by atoms with E-state index in [1.54, 1.807) is 22.7 Å². The smallest absolute Gasteiger partial charge is 0.209 e. The number of benzene rings is 1. The third kappa shape index (κ3) is 2.10. The summed E-state index contributed by atoms with van der Waals surface area (Å²) in [7, 11) is 0. The Bertz CT molecular complexity index is 858. The Morgan fingerprint density at radius 1 is 1.23 bits per heavy atom. The van der Waals surface area contributed by atoms with Gasteiger partial charge < -0.3 is 5.11 Å². The molecule has 0 saturated heterocycles. The third-order valence-corrected chi connectivity index (χ3v) is 3.88. The van der Waals surface area contributed by atoms with Gasteiger partial charge in [-0.05, 0) is 43.1 Å². The van der Waals surface area contributed by atoms with Crippen molar-refractivity contribution in [2.75, 3.05) is 0 Å². The van der Waals surface area contributed by atoms with Gasteiger partial charge in [-0.3, -0.25) is 4.40 Å². The Balaban J connectivity index is 2.39. The molecule has 22 heavy (non-hydrogen) atoms. The normalized spacial score (nSPS) is 11.1. The van der Waals surface area contributed by atoms with Crippen LogP contribution in [0.2, 0.25) is 0 Å². The quantitative estimate of drug-likeness (QED) is 0.747. The van der Waals surface area contributed by atoms with E-state index in [-0.39, 0.29) is 12.4 Å². The Morgan fingerprint density at radius 2 is 1.91 bits per heavy atom. The Hall–Kier alpha value is -2.53. The summed E-state index contributed by atoms with van der Waals surface area (Å²) < 4.78 is 1.63. The van der Waals surface area contributed by atoms with Crippen LogP contribution in [-0.2, 0) is 6.61 Å². The number of nitrogens with zero attached hydrogens (tertiary/aromatic N) is 3. The molecule has 5 heteroatoms. The maximum absolute atomic E-state index is 11.4. The van der Waals surface area contributed by atoms with E-state index >= 15 is 0 Å². The molecule has 1 aromatic carbocycles. The maximum Gasteiger partial charge on any atom is 0.209 e. The van der Waals surface area contributed by atoms with Crippen LogP contribution in [0.25, 0.3) is 16.9 Å². The van der Waals surface area contributed by atoms with E-state index in [0.717, 1.165) is 16.7 Å². The number of hydrogen-bond acceptors (Lipinski definition) is 4. The predicted molar refractivity (Wildman–Crippen MR) is 86.2 cm³/mol. The molecule has 0 spiro atoms. The minimum atomic E-state index is -0.134. The van der Waals surface area contributed by atoms with Crippen LogP contribution in [0.4, 0.5) is 5.82 Å². The number of aliphatic hydroxyl groups excluding tert-OH is 1. The van der Waals surface area contributed by atoms with E-state index < -0.39 is 0 Å². The molecule has 0 aliphatic carbocycles. The Morgan fingerprint density at radius 3 is 2.50 bits per heavy atom. The number of hydrogen-bond donors (Lipinski definition) is 1. The van der Waals surface area contributed by atoms with E-state index in [4.69, 9.17) is 0 Å². The molecule has 0 bridgehead atoms. The fraction of sp³-hybridized carbons (Fsp3) is 0.235. The van der Waals surface area contributed by atoms with Crippen molar-refractivity contribution in [3.63, 3.8) is 0 Å². The SMILES string of the molecule is Cc1cc(C)c(-c2nc3c(CO)cccn3c2N=O)c(C)c1. The number of aliphatic hydroxyl groups is 1. The van der Waals surface area contributed by atoms with Crippen LogP contribution in [0.3, 0.4) is 0 Å². The molecule has 2 heterocycles. The minimum absolute atomic E-state index is 0.134. The summed E-state index contributed by atoms with van der Waals surface area (Å²) in [6, 6.07) is 7.69. The molecule has 0 saturated carbocycles. The molecule has 0 amide bonds. The van der Waals surface area contributed by atoms with E-state index in [2.05, 4.69) is 22.3 Å². The average Bonchev–Trinajstić information content (AvgIpc) is 2.84. The molecule has 0 unspecified atom stereocenters. The van der Waals surface area contributed by atoms with Gasteiger partial charge in [0.05, 0.1) is 6.61 Å². The number of aromatic nitrogens is 2. The Kier molecular flexibility index (Phi) is 3.50. The molecule has 0 atom stereocenters. The molecule has 3 aromatic rings. The molecule has 0 aliphatic heterocycles. The van der Waals surface area contributed by atoms with Crippen LogP contribution in [0, 0.1) is 25.7 Å². The zero-order valence-electron chi connectivity index (χ0n) is 12.8. The van der Waals surface area contributed by atoms with Gasteiger partial charge in [0.25, 0.3) is 0 Å². The zero-order chi connectivity index (χ0) is 15.9. The number of rotatable bonds is 3. The van der Waals surface area contributed by atoms with Crippen molar-refractivity contribution in [1.29, 1.82) is 0 Å². The van der Waals surface area contributed by atoms with Crippen LogP contribution in [0.1, 0.15) is 22.3 Å². The van der Waals surface area contributed by atoms with Crippen molar-refractivity contribution in [2.24, 2.45) is 5.18 Å². The summed E-state index contributed by atoms with van der Waals surface area (Å²) in [6.07, 6.45) is 1.74. The third-order valence-electron chi connectivity index (χ3n) is 3.88. The van der Waals surface area contributed by atoms with Gasteiger partial charge in [-0.15, -0.1) is 4.91 Å². The lowest BCUT2D eigenvalue weighted by Crippen LogP contribution is -1.91. The lowest BCUT2D eigenvalue weighted by Gasteiger charge is -2.09. The van der Waals surface area contributed by atoms with Crippen molar-refractivity contribution >= 4 is 11.5 Å². The second-order valence-electron chi connectivity index (χ2n) is 5.53. The highest BCUT2D eigenvalue weighted by atomic mass is 16.3. The molecule has 0 aliphatic rings. The number of imidazole rings is 1. The molecule has 3 rings (SSSR count). The summed E-state index contributed by atoms with van der Waals surface area (Å²) in [5.74, 6) is 0.264. The summed E-state index contributed by atoms with van der Waals surface area (Å²) in [6.45, 7) is 5.91. The van der Waals surface area contributed by atoms with Gasteiger partial charge in [0, 0.05) is 17.3 Å². The van der Waals surface area contributed by atoms with Crippen LogP contribution < -0.4 is 0 Å². The second-order valence-corrected chi connectivity index (χ2v) is 5.53. The second kappa shape index (κ2) is 5.35.